The summed E-state index contributed by atoms with van der Waals surface area (Å²) < 4.78 is 5.00. The van der Waals surface area contributed by atoms with Gasteiger partial charge in [0, 0.05) is 0 Å². The molecule has 0 radical (unpaired) electrons. The molecule has 0 saturated heterocycles. The van der Waals surface area contributed by atoms with Crippen molar-refractivity contribution >= 4 is 12.0 Å². The number of esters is 1. The predicted molar refractivity (Wildman–Crippen MR) is 68.3 cm³/mol. The van der Waals surface area contributed by atoms with E-state index in [1.54, 1.807) is 0 Å². The monoisotopic (exact) mass is 258 g/mol. The van der Waals surface area contributed by atoms with Crippen LogP contribution in [0.5, 0.6) is 0 Å². The molecule has 0 saturated carbocycles. The molecule has 5 nitrogen and oxygen atoms in total. The second kappa shape index (κ2) is 4.12. The third-order valence-corrected chi connectivity index (χ3v) is 3.46. The summed E-state index contributed by atoms with van der Waals surface area (Å²) in [6.45, 7) is 4.12. The Morgan fingerprint density at radius 1 is 1.26 bits per heavy atom. The Labute approximate surface area is 110 Å². The van der Waals surface area contributed by atoms with Gasteiger partial charge in [-0.3, -0.25) is 0 Å². The van der Waals surface area contributed by atoms with Crippen molar-refractivity contribution in [2.24, 2.45) is 0 Å². The molecule has 98 valence electrons. The fourth-order valence-electron chi connectivity index (χ4n) is 2.57. The van der Waals surface area contributed by atoms with Gasteiger partial charge >= 0.3 is 12.0 Å². The number of hydrogen-bond donors (Lipinski definition) is 2. The summed E-state index contributed by atoms with van der Waals surface area (Å²) in [6, 6.07) is 5.21. The van der Waals surface area contributed by atoms with Crippen molar-refractivity contribution in [3.05, 3.63) is 46.2 Å². The van der Waals surface area contributed by atoms with Gasteiger partial charge in [0.25, 0.3) is 0 Å². The highest BCUT2D eigenvalue weighted by Gasteiger charge is 2.38. The minimum Gasteiger partial charge on any atom is -0.456 e. The number of cyclic esters (lactones) is 1. The zero-order chi connectivity index (χ0) is 13.6. The second-order valence-electron chi connectivity index (χ2n) is 4.86. The zero-order valence-electron chi connectivity index (χ0n) is 10.7. The van der Waals surface area contributed by atoms with Gasteiger partial charge in [0.15, 0.2) is 0 Å². The maximum Gasteiger partial charge on any atom is 0.338 e. The van der Waals surface area contributed by atoms with Crippen LogP contribution in [0.1, 0.15) is 22.7 Å². The van der Waals surface area contributed by atoms with E-state index in [9.17, 15) is 9.59 Å². The number of benzene rings is 1. The molecule has 2 aliphatic heterocycles. The second-order valence-corrected chi connectivity index (χ2v) is 4.86. The summed E-state index contributed by atoms with van der Waals surface area (Å²) in [6.07, 6.45) is 0. The van der Waals surface area contributed by atoms with Crippen LogP contribution in [0.25, 0.3) is 0 Å². The standard InChI is InChI=1S/C14H14N2O3/c1-7-3-4-9(8(2)5-7)12-11-10(6-19-13(11)17)15-14(18)16-12/h3-5,12H,6H2,1-2H3,(H2,15,16,18)/t12-/m1/s1. The molecule has 0 spiro atoms. The molecule has 3 rings (SSSR count). The summed E-state index contributed by atoms with van der Waals surface area (Å²) in [5, 5.41) is 5.41. The number of hydrogen-bond acceptors (Lipinski definition) is 3. The smallest absolute Gasteiger partial charge is 0.338 e. The molecule has 2 N–H and O–H groups in total. The van der Waals surface area contributed by atoms with Crippen LogP contribution >= 0.6 is 0 Å². The van der Waals surface area contributed by atoms with Crippen LogP contribution in [-0.4, -0.2) is 18.6 Å². The molecule has 0 fully saturated rings. The zero-order valence-corrected chi connectivity index (χ0v) is 10.7. The van der Waals surface area contributed by atoms with E-state index in [0.717, 1.165) is 16.7 Å². The Hall–Kier alpha value is -2.30. The Morgan fingerprint density at radius 2 is 2.05 bits per heavy atom. The summed E-state index contributed by atoms with van der Waals surface area (Å²) >= 11 is 0. The molecule has 1 aromatic carbocycles. The molecule has 1 aromatic rings. The molecule has 19 heavy (non-hydrogen) atoms. The van der Waals surface area contributed by atoms with E-state index in [2.05, 4.69) is 10.6 Å². The first-order valence-corrected chi connectivity index (χ1v) is 6.11. The topological polar surface area (TPSA) is 67.4 Å². The number of ether oxygens (including phenoxy) is 1. The van der Waals surface area contributed by atoms with Crippen molar-refractivity contribution in [3.8, 4) is 0 Å². The third kappa shape index (κ3) is 1.87. The molecular weight excluding hydrogens is 244 g/mol. The molecule has 2 aliphatic rings. The van der Waals surface area contributed by atoms with Crippen LogP contribution in [0.2, 0.25) is 0 Å². The largest absolute Gasteiger partial charge is 0.456 e. The highest BCUT2D eigenvalue weighted by atomic mass is 16.5. The van der Waals surface area contributed by atoms with Gasteiger partial charge in [-0.2, -0.15) is 0 Å². The Bertz CT molecular complexity index is 619. The Balaban J connectivity index is 2.10. The quantitative estimate of drug-likeness (QED) is 0.749. The van der Waals surface area contributed by atoms with E-state index in [0.29, 0.717) is 11.3 Å². The van der Waals surface area contributed by atoms with Crippen molar-refractivity contribution in [3.63, 3.8) is 0 Å². The molecule has 2 heterocycles. The van der Waals surface area contributed by atoms with Crippen LogP contribution in [0.15, 0.2) is 29.5 Å². The lowest BCUT2D eigenvalue weighted by Gasteiger charge is -2.26. The number of urea groups is 1. The maximum absolute atomic E-state index is 11.8. The molecule has 1 atom stereocenters. The highest BCUT2D eigenvalue weighted by Crippen LogP contribution is 2.32. The van der Waals surface area contributed by atoms with Crippen LogP contribution in [0, 0.1) is 13.8 Å². The fourth-order valence-corrected chi connectivity index (χ4v) is 2.57. The van der Waals surface area contributed by atoms with Gasteiger partial charge in [-0.05, 0) is 25.0 Å². The lowest BCUT2D eigenvalue weighted by molar-refractivity contribution is -0.136. The number of aryl methyl sites for hydroxylation is 2. The maximum atomic E-state index is 11.8. The van der Waals surface area contributed by atoms with Gasteiger partial charge in [-0.25, -0.2) is 9.59 Å². The van der Waals surface area contributed by atoms with Crippen LogP contribution in [-0.2, 0) is 9.53 Å². The number of amides is 2. The van der Waals surface area contributed by atoms with E-state index >= 15 is 0 Å². The SMILES string of the molecule is Cc1ccc([C@H]2NC(=O)NC3=C2C(=O)OC3)c(C)c1. The summed E-state index contributed by atoms with van der Waals surface area (Å²) in [5.41, 5.74) is 4.18. The van der Waals surface area contributed by atoms with Gasteiger partial charge < -0.3 is 15.4 Å². The lowest BCUT2D eigenvalue weighted by atomic mass is 9.92. The van der Waals surface area contributed by atoms with E-state index in [1.807, 2.05) is 32.0 Å². The predicted octanol–water partition coefficient (Wildman–Crippen LogP) is 1.47. The average Bonchev–Trinajstić information content (AvgIpc) is 2.70. The molecular formula is C14H14N2O3. The van der Waals surface area contributed by atoms with Gasteiger partial charge in [0.05, 0.1) is 17.3 Å². The number of carbonyl (C=O) groups excluding carboxylic acids is 2. The summed E-state index contributed by atoms with van der Waals surface area (Å²) in [7, 11) is 0. The van der Waals surface area contributed by atoms with Crippen molar-refractivity contribution in [1.29, 1.82) is 0 Å². The molecule has 0 aliphatic carbocycles. The van der Waals surface area contributed by atoms with Crippen LogP contribution in [0.3, 0.4) is 0 Å². The number of nitrogens with one attached hydrogen (secondary N) is 2. The average molecular weight is 258 g/mol. The first-order chi connectivity index (χ1) is 9.06. The van der Waals surface area contributed by atoms with E-state index in [4.69, 9.17) is 4.74 Å². The van der Waals surface area contributed by atoms with Crippen LogP contribution in [0.4, 0.5) is 4.79 Å². The molecule has 0 aromatic heterocycles. The number of carbonyl (C=O) groups is 2. The molecule has 0 unspecified atom stereocenters. The van der Waals surface area contributed by atoms with Gasteiger partial charge in [-0.15, -0.1) is 0 Å². The van der Waals surface area contributed by atoms with E-state index < -0.39 is 6.04 Å². The van der Waals surface area contributed by atoms with Gasteiger partial charge in [-0.1, -0.05) is 23.8 Å². The van der Waals surface area contributed by atoms with E-state index in [1.165, 1.54) is 0 Å². The van der Waals surface area contributed by atoms with Crippen LogP contribution < -0.4 is 10.6 Å². The fraction of sp³-hybridized carbons (Fsp3) is 0.286. The summed E-state index contributed by atoms with van der Waals surface area (Å²) in [4.78, 5) is 23.5. The summed E-state index contributed by atoms with van der Waals surface area (Å²) in [5.74, 6) is -0.368. The van der Waals surface area contributed by atoms with Crippen molar-refractivity contribution in [2.45, 2.75) is 19.9 Å². The van der Waals surface area contributed by atoms with Crippen molar-refractivity contribution in [1.82, 2.24) is 10.6 Å². The normalized spacial score (nSPS) is 21.7. The van der Waals surface area contributed by atoms with Crippen molar-refractivity contribution < 1.29 is 14.3 Å². The highest BCUT2D eigenvalue weighted by molar-refractivity contribution is 5.97. The molecule has 2 amide bonds. The Morgan fingerprint density at radius 3 is 2.79 bits per heavy atom. The molecule has 5 heteroatoms. The van der Waals surface area contributed by atoms with Gasteiger partial charge in [0.1, 0.15) is 6.61 Å². The van der Waals surface area contributed by atoms with Crippen molar-refractivity contribution in [2.75, 3.05) is 6.61 Å². The number of rotatable bonds is 1. The first-order valence-electron chi connectivity index (χ1n) is 6.11. The molecule has 0 bridgehead atoms. The van der Waals surface area contributed by atoms with E-state index in [-0.39, 0.29) is 18.6 Å². The first kappa shape index (κ1) is 11.8. The minimum atomic E-state index is -0.431. The Kier molecular flexibility index (Phi) is 2.55. The third-order valence-electron chi connectivity index (χ3n) is 3.46. The minimum absolute atomic E-state index is 0.142. The lowest BCUT2D eigenvalue weighted by Crippen LogP contribution is -2.44. The van der Waals surface area contributed by atoms with Gasteiger partial charge in [0.2, 0.25) is 0 Å².